The molecule has 0 radical (unpaired) electrons. The van der Waals surface area contributed by atoms with Gasteiger partial charge in [0, 0.05) is 17.0 Å². The van der Waals surface area contributed by atoms with Crippen LogP contribution in [0.1, 0.15) is 33.2 Å². The van der Waals surface area contributed by atoms with Gasteiger partial charge < -0.3 is 14.9 Å². The van der Waals surface area contributed by atoms with E-state index in [1.54, 1.807) is 0 Å². The van der Waals surface area contributed by atoms with Crippen LogP contribution in [-0.2, 0) is 0 Å². The second kappa shape index (κ2) is 9.80. The van der Waals surface area contributed by atoms with Crippen molar-refractivity contribution in [2.24, 2.45) is 5.10 Å². The molecule has 0 aliphatic rings. The van der Waals surface area contributed by atoms with Gasteiger partial charge >= 0.3 is 12.3 Å². The zero-order valence-electron chi connectivity index (χ0n) is 17.5. The Kier molecular flexibility index (Phi) is 7.05. The van der Waals surface area contributed by atoms with E-state index in [0.717, 1.165) is 41.7 Å². The number of hydrogen-bond acceptors (Lipinski definition) is 8. The van der Waals surface area contributed by atoms with Gasteiger partial charge in [0.1, 0.15) is 17.1 Å². The number of halogens is 3. The Hall–Kier alpha value is -4.46. The second-order valence-electron chi connectivity index (χ2n) is 6.83. The van der Waals surface area contributed by atoms with Gasteiger partial charge in [-0.2, -0.15) is 5.10 Å². The number of nitrogens with one attached hydrogen (secondary N) is 1. The van der Waals surface area contributed by atoms with Crippen LogP contribution in [0.3, 0.4) is 0 Å². The summed E-state index contributed by atoms with van der Waals surface area (Å²) in [7, 11) is 0. The number of ether oxygens (including phenoxy) is 1. The van der Waals surface area contributed by atoms with Gasteiger partial charge in [-0.05, 0) is 48.9 Å². The number of aromatic hydroxyl groups is 1. The van der Waals surface area contributed by atoms with Crippen LogP contribution < -0.4 is 10.2 Å². The molecule has 3 aromatic rings. The Morgan fingerprint density at radius 1 is 1.14 bits per heavy atom. The van der Waals surface area contributed by atoms with Crippen LogP contribution in [0.2, 0.25) is 0 Å². The third-order valence-corrected chi connectivity index (χ3v) is 5.54. The molecule has 0 spiro atoms. The summed E-state index contributed by atoms with van der Waals surface area (Å²) < 4.78 is 40.7. The standard InChI is InChI=1S/C21H14F3N3O7S/c1-10(25-26-19(29)12-4-7-14(20(30)31)16(8-12)27(32)33)15-9-35-18(17(15)28)11-2-5-13(6-3-11)34-21(22,23)24/h2-9,28H,1H3,(H,26,29)(H,30,31)/b25-10+. The summed E-state index contributed by atoms with van der Waals surface area (Å²) in [5, 5.41) is 36.0. The van der Waals surface area contributed by atoms with Crippen molar-refractivity contribution in [1.29, 1.82) is 0 Å². The summed E-state index contributed by atoms with van der Waals surface area (Å²) in [4.78, 5) is 33.9. The smallest absolute Gasteiger partial charge is 0.506 e. The first-order chi connectivity index (χ1) is 16.4. The number of alkyl halides is 3. The van der Waals surface area contributed by atoms with Gasteiger partial charge in [-0.1, -0.05) is 0 Å². The molecule has 0 aliphatic carbocycles. The van der Waals surface area contributed by atoms with Crippen LogP contribution in [0.4, 0.5) is 18.9 Å². The normalized spacial score (nSPS) is 11.7. The van der Waals surface area contributed by atoms with Gasteiger partial charge in [-0.15, -0.1) is 24.5 Å². The Morgan fingerprint density at radius 3 is 2.37 bits per heavy atom. The Morgan fingerprint density at radius 2 is 1.80 bits per heavy atom. The molecule has 182 valence electrons. The van der Waals surface area contributed by atoms with Crippen LogP contribution in [0, 0.1) is 10.1 Å². The average molecular weight is 509 g/mol. The van der Waals surface area contributed by atoms with Crippen molar-refractivity contribution in [3.8, 4) is 21.9 Å². The molecule has 0 unspecified atom stereocenters. The molecule has 0 fully saturated rings. The number of nitro groups is 1. The number of thiophene rings is 1. The monoisotopic (exact) mass is 509 g/mol. The molecule has 0 atom stereocenters. The predicted octanol–water partition coefficient (Wildman–Crippen LogP) is 4.78. The molecule has 3 N–H and O–H groups in total. The van der Waals surface area contributed by atoms with Crippen molar-refractivity contribution >= 4 is 34.6 Å². The van der Waals surface area contributed by atoms with Gasteiger partial charge in [-0.3, -0.25) is 14.9 Å². The quantitative estimate of drug-likeness (QED) is 0.235. The number of nitrogens with zero attached hydrogens (tertiary/aromatic N) is 2. The molecule has 3 rings (SSSR count). The molecule has 10 nitrogen and oxygen atoms in total. The van der Waals surface area contributed by atoms with Crippen molar-refractivity contribution in [3.63, 3.8) is 0 Å². The van der Waals surface area contributed by atoms with Crippen LogP contribution in [-0.4, -0.2) is 39.1 Å². The minimum absolute atomic E-state index is 0.159. The lowest BCUT2D eigenvalue weighted by atomic mass is 10.1. The maximum atomic E-state index is 12.3. The number of amides is 1. The van der Waals surface area contributed by atoms with Crippen LogP contribution in [0.5, 0.6) is 11.5 Å². The molecule has 1 heterocycles. The first-order valence-corrected chi connectivity index (χ1v) is 10.3. The van der Waals surface area contributed by atoms with E-state index in [0.29, 0.717) is 10.4 Å². The minimum atomic E-state index is -4.83. The van der Waals surface area contributed by atoms with Crippen LogP contribution in [0.25, 0.3) is 10.4 Å². The molecule has 0 bridgehead atoms. The lowest BCUT2D eigenvalue weighted by molar-refractivity contribution is -0.385. The van der Waals surface area contributed by atoms with E-state index in [1.165, 1.54) is 24.4 Å². The van der Waals surface area contributed by atoms with Gasteiger partial charge in [0.05, 0.1) is 21.1 Å². The molecule has 1 aromatic heterocycles. The van der Waals surface area contributed by atoms with Gasteiger partial charge in [0.15, 0.2) is 0 Å². The first kappa shape index (κ1) is 25.2. The van der Waals surface area contributed by atoms with Gasteiger partial charge in [0.2, 0.25) is 0 Å². The van der Waals surface area contributed by atoms with E-state index < -0.39 is 40.2 Å². The van der Waals surface area contributed by atoms with Gasteiger partial charge in [0.25, 0.3) is 11.6 Å². The second-order valence-corrected chi connectivity index (χ2v) is 7.71. The molecule has 2 aromatic carbocycles. The molecule has 35 heavy (non-hydrogen) atoms. The number of carboxylic acid groups (broad SMARTS) is 1. The van der Waals surface area contributed by atoms with Crippen molar-refractivity contribution in [2.45, 2.75) is 13.3 Å². The Balaban J connectivity index is 1.78. The number of hydrazone groups is 1. The van der Waals surface area contributed by atoms with E-state index in [1.807, 2.05) is 0 Å². The summed E-state index contributed by atoms with van der Waals surface area (Å²) >= 11 is 1.08. The third kappa shape index (κ3) is 5.92. The largest absolute Gasteiger partial charge is 0.573 e. The minimum Gasteiger partial charge on any atom is -0.506 e. The molecule has 0 aliphatic heterocycles. The zero-order chi connectivity index (χ0) is 25.9. The Bertz CT molecular complexity index is 1330. The SMILES string of the molecule is C/C(=N\NC(=O)c1ccc(C(=O)O)c([N+](=O)[O-])c1)c1csc(-c2ccc(OC(F)(F)F)cc2)c1O. The van der Waals surface area contributed by atoms with E-state index in [2.05, 4.69) is 15.3 Å². The summed E-state index contributed by atoms with van der Waals surface area (Å²) in [6.45, 7) is 1.46. The first-order valence-electron chi connectivity index (χ1n) is 9.40. The summed E-state index contributed by atoms with van der Waals surface area (Å²) in [5.41, 5.74) is 1.41. The highest BCUT2D eigenvalue weighted by Gasteiger charge is 2.31. The number of benzene rings is 2. The fourth-order valence-electron chi connectivity index (χ4n) is 2.89. The highest BCUT2D eigenvalue weighted by atomic mass is 32.1. The summed E-state index contributed by atoms with van der Waals surface area (Å²) in [6.07, 6.45) is -4.83. The molecule has 0 saturated heterocycles. The molecule has 0 saturated carbocycles. The van der Waals surface area contributed by atoms with E-state index in [9.17, 15) is 38.0 Å². The number of carbonyl (C=O) groups excluding carboxylic acids is 1. The fourth-order valence-corrected chi connectivity index (χ4v) is 3.90. The van der Waals surface area contributed by atoms with Crippen molar-refractivity contribution in [2.75, 3.05) is 0 Å². The van der Waals surface area contributed by atoms with Crippen LogP contribution in [0.15, 0.2) is 52.9 Å². The van der Waals surface area contributed by atoms with Crippen molar-refractivity contribution in [1.82, 2.24) is 5.43 Å². The lowest BCUT2D eigenvalue weighted by Gasteiger charge is -2.09. The van der Waals surface area contributed by atoms with Crippen molar-refractivity contribution < 1.29 is 42.6 Å². The average Bonchev–Trinajstić information content (AvgIpc) is 3.17. The number of hydrogen-bond donors (Lipinski definition) is 3. The van der Waals surface area contributed by atoms with E-state index in [4.69, 9.17) is 5.11 Å². The molecular formula is C21H14F3N3O7S. The van der Waals surface area contributed by atoms with Crippen LogP contribution >= 0.6 is 11.3 Å². The number of carboxylic acids is 1. The topological polar surface area (TPSA) is 151 Å². The molecular weight excluding hydrogens is 495 g/mol. The maximum Gasteiger partial charge on any atom is 0.573 e. The van der Waals surface area contributed by atoms with E-state index in [-0.39, 0.29) is 22.6 Å². The number of rotatable bonds is 7. The lowest BCUT2D eigenvalue weighted by Crippen LogP contribution is -2.19. The molecule has 1 amide bonds. The third-order valence-electron chi connectivity index (χ3n) is 4.52. The zero-order valence-corrected chi connectivity index (χ0v) is 18.3. The number of carbonyl (C=O) groups is 2. The number of nitro benzene ring substituents is 1. The van der Waals surface area contributed by atoms with E-state index >= 15 is 0 Å². The van der Waals surface area contributed by atoms with Gasteiger partial charge in [-0.25, -0.2) is 10.2 Å². The predicted molar refractivity (Wildman–Crippen MR) is 118 cm³/mol. The van der Waals surface area contributed by atoms with Crippen molar-refractivity contribution in [3.05, 3.63) is 74.6 Å². The highest BCUT2D eigenvalue weighted by molar-refractivity contribution is 7.14. The fraction of sp³-hybridized carbons (Fsp3) is 0.0952. The summed E-state index contributed by atoms with van der Waals surface area (Å²) in [5.74, 6) is -3.03. The number of aromatic carboxylic acids is 1. The highest BCUT2D eigenvalue weighted by Crippen LogP contribution is 2.39. The maximum absolute atomic E-state index is 12.3. The Labute approximate surface area is 198 Å². The summed E-state index contributed by atoms with van der Waals surface area (Å²) in [6, 6.07) is 7.67. The molecule has 14 heteroatoms.